The molecule has 0 unspecified atom stereocenters. The largest absolute Gasteiger partial charge is 0.369 e. The molecule has 0 atom stereocenters. The molecule has 0 aromatic heterocycles. The second-order valence-corrected chi connectivity index (χ2v) is 5.18. The number of amides is 1. The smallest absolute Gasteiger partial charge is 0.253 e. The first-order chi connectivity index (χ1) is 9.21. The Balaban J connectivity index is 2.00. The van der Waals surface area contributed by atoms with Gasteiger partial charge in [0.15, 0.2) is 0 Å². The summed E-state index contributed by atoms with van der Waals surface area (Å²) in [6, 6.07) is 6.24. The molecule has 2 fully saturated rings. The molecule has 4 nitrogen and oxygen atoms in total. The van der Waals surface area contributed by atoms with Gasteiger partial charge in [-0.15, -0.1) is 0 Å². The van der Waals surface area contributed by atoms with E-state index in [9.17, 15) is 9.18 Å². The maximum absolute atomic E-state index is 13.4. The van der Waals surface area contributed by atoms with Crippen LogP contribution in [0.5, 0.6) is 0 Å². The van der Waals surface area contributed by atoms with E-state index in [1.54, 1.807) is 17.0 Å². The molecule has 1 aromatic carbocycles. The minimum absolute atomic E-state index is 0.0751. The zero-order valence-electron chi connectivity index (χ0n) is 10.7. The molecule has 2 aliphatic rings. The van der Waals surface area contributed by atoms with E-state index in [2.05, 4.69) is 5.32 Å². The van der Waals surface area contributed by atoms with Crippen molar-refractivity contribution in [3.05, 3.63) is 30.1 Å². The van der Waals surface area contributed by atoms with Gasteiger partial charge < -0.3 is 15.0 Å². The van der Waals surface area contributed by atoms with Crippen molar-refractivity contribution < 1.29 is 13.9 Å². The lowest BCUT2D eigenvalue weighted by Gasteiger charge is -2.49. The molecule has 2 heterocycles. The van der Waals surface area contributed by atoms with E-state index in [0.29, 0.717) is 12.3 Å². The summed E-state index contributed by atoms with van der Waals surface area (Å²) in [5.41, 5.74) is 0.309. The number of hydrogen-bond donors (Lipinski definition) is 1. The number of nitrogens with one attached hydrogen (secondary N) is 1. The molecule has 5 heteroatoms. The molecule has 0 bridgehead atoms. The number of piperidine rings is 1. The molecular formula is C14H17FN2O2. The van der Waals surface area contributed by atoms with Crippen LogP contribution in [0.3, 0.4) is 0 Å². The molecule has 1 aromatic rings. The van der Waals surface area contributed by atoms with Crippen LogP contribution in [0.25, 0.3) is 0 Å². The maximum Gasteiger partial charge on any atom is 0.253 e. The molecule has 19 heavy (non-hydrogen) atoms. The van der Waals surface area contributed by atoms with Crippen LogP contribution >= 0.6 is 0 Å². The van der Waals surface area contributed by atoms with Gasteiger partial charge in [0.25, 0.3) is 5.91 Å². The van der Waals surface area contributed by atoms with E-state index in [0.717, 1.165) is 25.9 Å². The van der Waals surface area contributed by atoms with Crippen LogP contribution < -0.4 is 10.2 Å². The number of hydrogen-bond acceptors (Lipinski definition) is 3. The Morgan fingerprint density at radius 3 is 2.84 bits per heavy atom. The SMILES string of the molecule is O=C1COCC2(CCNCC2)N1c1cccc(F)c1. The Morgan fingerprint density at radius 1 is 1.32 bits per heavy atom. The van der Waals surface area contributed by atoms with Crippen molar-refractivity contribution in [2.24, 2.45) is 0 Å². The molecule has 1 spiro atoms. The Morgan fingerprint density at radius 2 is 2.11 bits per heavy atom. The van der Waals surface area contributed by atoms with E-state index in [-0.39, 0.29) is 23.9 Å². The molecule has 0 aliphatic carbocycles. The van der Waals surface area contributed by atoms with E-state index >= 15 is 0 Å². The van der Waals surface area contributed by atoms with Crippen molar-refractivity contribution >= 4 is 11.6 Å². The summed E-state index contributed by atoms with van der Waals surface area (Å²) in [5, 5.41) is 3.29. The highest BCUT2D eigenvalue weighted by atomic mass is 19.1. The second-order valence-electron chi connectivity index (χ2n) is 5.18. The summed E-state index contributed by atoms with van der Waals surface area (Å²) in [4.78, 5) is 14.0. The topological polar surface area (TPSA) is 41.6 Å². The first kappa shape index (κ1) is 12.6. The zero-order valence-corrected chi connectivity index (χ0v) is 10.7. The average Bonchev–Trinajstić information content (AvgIpc) is 2.39. The van der Waals surface area contributed by atoms with Gasteiger partial charge in [0, 0.05) is 5.69 Å². The lowest BCUT2D eigenvalue weighted by molar-refractivity contribution is -0.131. The molecule has 2 saturated heterocycles. The number of benzene rings is 1. The minimum Gasteiger partial charge on any atom is -0.369 e. The average molecular weight is 264 g/mol. The third-order valence-corrected chi connectivity index (χ3v) is 3.92. The van der Waals surface area contributed by atoms with E-state index in [4.69, 9.17) is 4.74 Å². The van der Waals surface area contributed by atoms with Gasteiger partial charge in [0.1, 0.15) is 12.4 Å². The number of rotatable bonds is 1. The highest BCUT2D eigenvalue weighted by molar-refractivity contribution is 5.96. The summed E-state index contributed by atoms with van der Waals surface area (Å²) in [7, 11) is 0. The Kier molecular flexibility index (Phi) is 3.24. The molecule has 1 N–H and O–H groups in total. The van der Waals surface area contributed by atoms with Gasteiger partial charge in [-0.25, -0.2) is 4.39 Å². The Bertz CT molecular complexity index is 481. The van der Waals surface area contributed by atoms with E-state index in [1.807, 2.05) is 0 Å². The fourth-order valence-corrected chi connectivity index (χ4v) is 3.02. The van der Waals surface area contributed by atoms with Gasteiger partial charge in [0.2, 0.25) is 0 Å². The third-order valence-electron chi connectivity index (χ3n) is 3.92. The van der Waals surface area contributed by atoms with Crippen LogP contribution in [0.4, 0.5) is 10.1 Å². The van der Waals surface area contributed by atoms with Crippen molar-refractivity contribution in [3.8, 4) is 0 Å². The van der Waals surface area contributed by atoms with Crippen LogP contribution in [-0.4, -0.2) is 37.7 Å². The predicted molar refractivity (Wildman–Crippen MR) is 69.5 cm³/mol. The monoisotopic (exact) mass is 264 g/mol. The fourth-order valence-electron chi connectivity index (χ4n) is 3.02. The Labute approximate surface area is 111 Å². The zero-order chi connectivity index (χ0) is 13.3. The van der Waals surface area contributed by atoms with Crippen LogP contribution in [0.2, 0.25) is 0 Å². The van der Waals surface area contributed by atoms with E-state index < -0.39 is 0 Å². The molecule has 2 aliphatic heterocycles. The molecule has 0 saturated carbocycles. The number of nitrogens with zero attached hydrogens (tertiary/aromatic N) is 1. The fraction of sp³-hybridized carbons (Fsp3) is 0.500. The van der Waals surface area contributed by atoms with Gasteiger partial charge >= 0.3 is 0 Å². The first-order valence-electron chi connectivity index (χ1n) is 6.58. The first-order valence-corrected chi connectivity index (χ1v) is 6.58. The van der Waals surface area contributed by atoms with Crippen LogP contribution in [0.15, 0.2) is 24.3 Å². The quantitative estimate of drug-likeness (QED) is 0.831. The highest BCUT2D eigenvalue weighted by Crippen LogP contribution is 2.34. The standard InChI is InChI=1S/C14H17FN2O2/c15-11-2-1-3-12(8-11)17-13(18)9-19-10-14(17)4-6-16-7-5-14/h1-3,8,16H,4-7,9-10H2. The Hall–Kier alpha value is -1.46. The summed E-state index contributed by atoms with van der Waals surface area (Å²) < 4.78 is 18.9. The molecule has 3 rings (SSSR count). The number of carbonyl (C=O) groups is 1. The predicted octanol–water partition coefficient (Wildman–Crippen LogP) is 1.31. The summed E-state index contributed by atoms with van der Waals surface area (Å²) in [6.45, 7) is 2.30. The summed E-state index contributed by atoms with van der Waals surface area (Å²) in [5.74, 6) is -0.403. The molecule has 0 radical (unpaired) electrons. The van der Waals surface area contributed by atoms with Gasteiger partial charge in [-0.05, 0) is 44.1 Å². The number of morpholine rings is 1. The second kappa shape index (κ2) is 4.90. The van der Waals surface area contributed by atoms with Crippen LogP contribution in [0, 0.1) is 5.82 Å². The van der Waals surface area contributed by atoms with Crippen molar-refractivity contribution in [2.75, 3.05) is 31.2 Å². The number of carbonyl (C=O) groups excluding carboxylic acids is 1. The number of ether oxygens (including phenoxy) is 1. The lowest BCUT2D eigenvalue weighted by atomic mass is 9.85. The van der Waals surface area contributed by atoms with Crippen molar-refractivity contribution in [1.82, 2.24) is 5.32 Å². The maximum atomic E-state index is 13.4. The third kappa shape index (κ3) is 2.24. The van der Waals surface area contributed by atoms with E-state index in [1.165, 1.54) is 12.1 Å². The van der Waals surface area contributed by atoms with Gasteiger partial charge in [-0.2, -0.15) is 0 Å². The van der Waals surface area contributed by atoms with Gasteiger partial charge in [-0.3, -0.25) is 4.79 Å². The summed E-state index contributed by atoms with van der Waals surface area (Å²) >= 11 is 0. The van der Waals surface area contributed by atoms with Crippen LogP contribution in [0.1, 0.15) is 12.8 Å². The molecule has 102 valence electrons. The van der Waals surface area contributed by atoms with Gasteiger partial charge in [0.05, 0.1) is 12.1 Å². The van der Waals surface area contributed by atoms with Crippen LogP contribution in [-0.2, 0) is 9.53 Å². The van der Waals surface area contributed by atoms with Gasteiger partial charge in [-0.1, -0.05) is 6.07 Å². The van der Waals surface area contributed by atoms with Crippen molar-refractivity contribution in [2.45, 2.75) is 18.4 Å². The molecular weight excluding hydrogens is 247 g/mol. The summed E-state index contributed by atoms with van der Waals surface area (Å²) in [6.07, 6.45) is 1.66. The highest BCUT2D eigenvalue weighted by Gasteiger charge is 2.44. The normalized spacial score (nSPS) is 22.8. The van der Waals surface area contributed by atoms with Crippen molar-refractivity contribution in [3.63, 3.8) is 0 Å². The van der Waals surface area contributed by atoms with Crippen molar-refractivity contribution in [1.29, 1.82) is 0 Å². The lowest BCUT2D eigenvalue weighted by Crippen LogP contribution is -2.63. The number of halogens is 1. The minimum atomic E-state index is -0.325. The molecule has 1 amide bonds. The number of anilines is 1.